The van der Waals surface area contributed by atoms with E-state index in [2.05, 4.69) is 26.0 Å². The van der Waals surface area contributed by atoms with E-state index < -0.39 is 23.4 Å². The summed E-state index contributed by atoms with van der Waals surface area (Å²) in [5.41, 5.74) is 0. The van der Waals surface area contributed by atoms with Crippen LogP contribution in [-0.4, -0.2) is 37.2 Å². The maximum atomic E-state index is 11.7. The molecule has 0 amide bonds. The molecule has 1 unspecified atom stereocenters. The monoisotopic (exact) mass is 291 g/mol. The lowest BCUT2D eigenvalue weighted by atomic mass is 10.3. The minimum absolute atomic E-state index is 0.00436. The zero-order valence-electron chi connectivity index (χ0n) is 8.23. The maximum absolute atomic E-state index is 11.7. The molecule has 1 N–H and O–H groups in total. The number of rotatable bonds is 6. The molecule has 0 aromatic heterocycles. The average Bonchev–Trinajstić information content (AvgIpc) is 2.14. The molecule has 0 aliphatic carbocycles. The summed E-state index contributed by atoms with van der Waals surface area (Å²) in [4.78, 5) is 10.3. The van der Waals surface area contributed by atoms with Crippen LogP contribution in [0.15, 0.2) is 0 Å². The molecular formula is C8H13BrF3NO2. The Labute approximate surface area is 94.5 Å². The Hall–Kier alpha value is -0.300. The molecule has 3 nitrogen and oxygen atoms in total. The third-order valence-electron chi connectivity index (χ3n) is 1.59. The van der Waals surface area contributed by atoms with Gasteiger partial charge in [0.25, 0.3) is 0 Å². The van der Waals surface area contributed by atoms with Crippen LogP contribution in [-0.2, 0) is 9.53 Å². The van der Waals surface area contributed by atoms with Gasteiger partial charge in [0.2, 0.25) is 0 Å². The van der Waals surface area contributed by atoms with Gasteiger partial charge in [0.15, 0.2) is 0 Å². The summed E-state index contributed by atoms with van der Waals surface area (Å²) in [5.74, 6) is -0.446. The Morgan fingerprint density at radius 1 is 1.53 bits per heavy atom. The van der Waals surface area contributed by atoms with E-state index in [0.29, 0.717) is 0 Å². The van der Waals surface area contributed by atoms with E-state index in [0.717, 1.165) is 0 Å². The highest BCUT2D eigenvalue weighted by Crippen LogP contribution is 2.20. The third kappa shape index (κ3) is 8.68. The molecule has 0 rings (SSSR count). The molecular weight excluding hydrogens is 279 g/mol. The number of hydrogen-bond donors (Lipinski definition) is 1. The van der Waals surface area contributed by atoms with Gasteiger partial charge in [0.1, 0.15) is 4.83 Å². The molecule has 0 radical (unpaired) electrons. The maximum Gasteiger partial charge on any atom is 0.389 e. The number of nitrogens with one attached hydrogen (secondary N) is 1. The highest BCUT2D eigenvalue weighted by Gasteiger charge is 2.25. The Balaban J connectivity index is 3.43. The summed E-state index contributed by atoms with van der Waals surface area (Å²) in [5, 5.41) is 2.73. The van der Waals surface area contributed by atoms with Gasteiger partial charge in [-0.15, -0.1) is 0 Å². The van der Waals surface area contributed by atoms with Crippen molar-refractivity contribution in [2.75, 3.05) is 20.2 Å². The lowest BCUT2D eigenvalue weighted by Gasteiger charge is -2.09. The van der Waals surface area contributed by atoms with Crippen molar-refractivity contribution in [1.82, 2.24) is 5.32 Å². The van der Waals surface area contributed by atoms with Crippen molar-refractivity contribution in [1.29, 1.82) is 0 Å². The Morgan fingerprint density at radius 2 is 2.13 bits per heavy atom. The molecule has 0 saturated heterocycles. The van der Waals surface area contributed by atoms with Crippen LogP contribution in [0.1, 0.15) is 12.8 Å². The fraction of sp³-hybridized carbons (Fsp3) is 0.875. The van der Waals surface area contributed by atoms with Crippen LogP contribution in [0.5, 0.6) is 0 Å². The van der Waals surface area contributed by atoms with E-state index >= 15 is 0 Å². The van der Waals surface area contributed by atoms with Gasteiger partial charge in [-0.1, -0.05) is 15.9 Å². The first-order chi connectivity index (χ1) is 6.87. The summed E-state index contributed by atoms with van der Waals surface area (Å²) >= 11 is 3.04. The molecule has 0 heterocycles. The van der Waals surface area contributed by atoms with Crippen LogP contribution in [0.4, 0.5) is 13.2 Å². The van der Waals surface area contributed by atoms with Gasteiger partial charge in [-0.25, -0.2) is 0 Å². The second-order valence-corrected chi connectivity index (χ2v) is 4.02. The zero-order valence-corrected chi connectivity index (χ0v) is 9.82. The van der Waals surface area contributed by atoms with Gasteiger partial charge < -0.3 is 10.1 Å². The topological polar surface area (TPSA) is 38.3 Å². The normalized spacial score (nSPS) is 13.7. The van der Waals surface area contributed by atoms with E-state index in [-0.39, 0.29) is 19.5 Å². The number of halogens is 4. The predicted molar refractivity (Wildman–Crippen MR) is 52.9 cm³/mol. The van der Waals surface area contributed by atoms with Gasteiger partial charge in [-0.3, -0.25) is 4.79 Å². The Morgan fingerprint density at radius 3 is 2.60 bits per heavy atom. The quantitative estimate of drug-likeness (QED) is 0.461. The van der Waals surface area contributed by atoms with Crippen molar-refractivity contribution < 1.29 is 22.7 Å². The molecule has 0 spiro atoms. The predicted octanol–water partition coefficient (Wildman–Crippen LogP) is 1.85. The van der Waals surface area contributed by atoms with E-state index in [4.69, 9.17) is 0 Å². The Kier molecular flexibility index (Phi) is 6.91. The van der Waals surface area contributed by atoms with Crippen LogP contribution in [0.3, 0.4) is 0 Å². The molecule has 0 saturated carbocycles. The van der Waals surface area contributed by atoms with Crippen molar-refractivity contribution >= 4 is 21.9 Å². The first-order valence-corrected chi connectivity index (χ1v) is 5.27. The van der Waals surface area contributed by atoms with E-state index in [1.807, 2.05) is 0 Å². The number of esters is 1. The van der Waals surface area contributed by atoms with Crippen molar-refractivity contribution in [3.63, 3.8) is 0 Å². The lowest BCUT2D eigenvalue weighted by Crippen LogP contribution is -2.30. The molecule has 1 atom stereocenters. The van der Waals surface area contributed by atoms with Crippen LogP contribution >= 0.6 is 15.9 Å². The SMILES string of the molecule is COC(=O)C(Br)CNCCCC(F)(F)F. The summed E-state index contributed by atoms with van der Waals surface area (Å²) in [6, 6.07) is 0. The highest BCUT2D eigenvalue weighted by atomic mass is 79.9. The molecule has 0 aromatic rings. The number of alkyl halides is 4. The first-order valence-electron chi connectivity index (χ1n) is 4.36. The molecule has 0 aliphatic rings. The number of carbonyl (C=O) groups excluding carboxylic acids is 1. The molecule has 15 heavy (non-hydrogen) atoms. The summed E-state index contributed by atoms with van der Waals surface area (Å²) in [7, 11) is 1.25. The smallest absolute Gasteiger partial charge is 0.389 e. The summed E-state index contributed by atoms with van der Waals surface area (Å²) < 4.78 is 39.6. The van der Waals surface area contributed by atoms with Gasteiger partial charge in [-0.05, 0) is 13.0 Å². The molecule has 0 fully saturated rings. The van der Waals surface area contributed by atoms with Gasteiger partial charge in [-0.2, -0.15) is 13.2 Å². The van der Waals surface area contributed by atoms with Gasteiger partial charge in [0, 0.05) is 13.0 Å². The third-order valence-corrected chi connectivity index (χ3v) is 2.29. The number of hydrogen-bond acceptors (Lipinski definition) is 3. The fourth-order valence-corrected chi connectivity index (χ4v) is 1.27. The Bertz CT molecular complexity index is 199. The molecule has 90 valence electrons. The minimum Gasteiger partial charge on any atom is -0.468 e. The largest absolute Gasteiger partial charge is 0.468 e. The van der Waals surface area contributed by atoms with Crippen LogP contribution in [0.2, 0.25) is 0 Å². The summed E-state index contributed by atoms with van der Waals surface area (Å²) in [6.45, 7) is 0.475. The van der Waals surface area contributed by atoms with Crippen molar-refractivity contribution in [2.45, 2.75) is 23.8 Å². The molecule has 0 aromatic carbocycles. The van der Waals surface area contributed by atoms with Crippen molar-refractivity contribution in [2.24, 2.45) is 0 Å². The second-order valence-electron chi connectivity index (χ2n) is 2.91. The fourth-order valence-electron chi connectivity index (χ4n) is 0.854. The van der Waals surface area contributed by atoms with E-state index in [9.17, 15) is 18.0 Å². The zero-order chi connectivity index (χ0) is 11.9. The average molecular weight is 292 g/mol. The van der Waals surface area contributed by atoms with Gasteiger partial charge in [0.05, 0.1) is 7.11 Å². The van der Waals surface area contributed by atoms with Gasteiger partial charge >= 0.3 is 12.1 Å². The summed E-state index contributed by atoms with van der Waals surface area (Å²) in [6.07, 6.45) is -4.92. The number of ether oxygens (including phenoxy) is 1. The highest BCUT2D eigenvalue weighted by molar-refractivity contribution is 9.10. The first kappa shape index (κ1) is 14.7. The van der Waals surface area contributed by atoms with E-state index in [1.54, 1.807) is 0 Å². The molecule has 0 aliphatic heterocycles. The standard InChI is InChI=1S/C8H13BrF3NO2/c1-15-7(14)6(9)5-13-4-2-3-8(10,11)12/h6,13H,2-5H2,1H3. The lowest BCUT2D eigenvalue weighted by molar-refractivity contribution is -0.140. The van der Waals surface area contributed by atoms with Crippen LogP contribution in [0.25, 0.3) is 0 Å². The van der Waals surface area contributed by atoms with Crippen molar-refractivity contribution in [3.05, 3.63) is 0 Å². The van der Waals surface area contributed by atoms with Crippen molar-refractivity contribution in [3.8, 4) is 0 Å². The van der Waals surface area contributed by atoms with Crippen LogP contribution < -0.4 is 5.32 Å². The molecule has 7 heteroatoms. The van der Waals surface area contributed by atoms with Crippen LogP contribution in [0, 0.1) is 0 Å². The second kappa shape index (κ2) is 7.05. The molecule has 0 bridgehead atoms. The number of carbonyl (C=O) groups is 1. The minimum atomic E-state index is -4.11. The number of methoxy groups -OCH3 is 1. The van der Waals surface area contributed by atoms with E-state index in [1.165, 1.54) is 7.11 Å².